The Balaban J connectivity index is 2.74. The lowest BCUT2D eigenvalue weighted by atomic mass is 10.1. The molecule has 0 saturated heterocycles. The van der Waals surface area contributed by atoms with Gasteiger partial charge in [-0.05, 0) is 24.5 Å². The molecule has 1 N–H and O–H groups in total. The van der Waals surface area contributed by atoms with Gasteiger partial charge in [-0.1, -0.05) is 41.9 Å². The van der Waals surface area contributed by atoms with Crippen molar-refractivity contribution in [2.24, 2.45) is 5.92 Å². The van der Waals surface area contributed by atoms with Crippen molar-refractivity contribution in [2.75, 3.05) is 6.54 Å². The van der Waals surface area contributed by atoms with Crippen LogP contribution in [-0.4, -0.2) is 17.3 Å². The number of carbonyl (C=O) groups excluding carboxylic acids is 1. The van der Waals surface area contributed by atoms with E-state index >= 15 is 0 Å². The number of halogens is 4. The van der Waals surface area contributed by atoms with E-state index in [0.29, 0.717) is 12.5 Å². The molecule has 0 aliphatic rings. The van der Waals surface area contributed by atoms with Gasteiger partial charge in [0.1, 0.15) is 0 Å². The van der Waals surface area contributed by atoms with E-state index in [0.717, 1.165) is 12.5 Å². The van der Waals surface area contributed by atoms with Gasteiger partial charge in [0.15, 0.2) is 0 Å². The highest BCUT2D eigenvalue weighted by atomic mass is 79.9. The van der Waals surface area contributed by atoms with Crippen LogP contribution in [0.15, 0.2) is 24.3 Å². The molecule has 1 unspecified atom stereocenters. The van der Waals surface area contributed by atoms with Gasteiger partial charge in [0, 0.05) is 11.4 Å². The van der Waals surface area contributed by atoms with Gasteiger partial charge in [-0.15, -0.1) is 0 Å². The highest BCUT2D eigenvalue weighted by Crippen LogP contribution is 2.31. The molecule has 0 heterocycles. The Morgan fingerprint density at radius 3 is 2.45 bits per heavy atom. The summed E-state index contributed by atoms with van der Waals surface area (Å²) in [7, 11) is 0. The molecule has 2 nitrogen and oxygen atoms in total. The molecule has 0 bridgehead atoms. The Morgan fingerprint density at radius 1 is 1.30 bits per heavy atom. The number of amides is 1. The highest BCUT2D eigenvalue weighted by Gasteiger charge is 2.34. The Bertz CT molecular complexity index is 460. The zero-order valence-electron chi connectivity index (χ0n) is 11.3. The van der Waals surface area contributed by atoms with Gasteiger partial charge in [-0.25, -0.2) is 0 Å². The van der Waals surface area contributed by atoms with Gasteiger partial charge in [-0.3, -0.25) is 4.79 Å². The van der Waals surface area contributed by atoms with E-state index in [-0.39, 0.29) is 10.4 Å². The van der Waals surface area contributed by atoms with Crippen LogP contribution in [0.3, 0.4) is 0 Å². The van der Waals surface area contributed by atoms with Gasteiger partial charge in [0.25, 0.3) is 5.91 Å². The Hall–Kier alpha value is -1.04. The molecule has 1 atom stereocenters. The maximum atomic E-state index is 12.8. The van der Waals surface area contributed by atoms with Gasteiger partial charge >= 0.3 is 6.18 Å². The molecule has 0 aliphatic carbocycles. The van der Waals surface area contributed by atoms with Gasteiger partial charge in [0.2, 0.25) is 0 Å². The fraction of sp³-hybridized carbons (Fsp3) is 0.500. The van der Waals surface area contributed by atoms with Gasteiger partial charge in [-0.2, -0.15) is 13.2 Å². The SMILES string of the molecule is CC(C)CC(Br)CNC(=O)c1ccccc1C(F)(F)F. The lowest BCUT2D eigenvalue weighted by molar-refractivity contribution is -0.137. The minimum atomic E-state index is -4.53. The second-order valence-corrected chi connectivity index (χ2v) is 6.28. The van der Waals surface area contributed by atoms with Crippen molar-refractivity contribution in [3.63, 3.8) is 0 Å². The van der Waals surface area contributed by atoms with E-state index in [1.165, 1.54) is 18.2 Å². The lowest BCUT2D eigenvalue weighted by Crippen LogP contribution is -2.31. The summed E-state index contributed by atoms with van der Waals surface area (Å²) in [5.41, 5.74) is -1.25. The quantitative estimate of drug-likeness (QED) is 0.789. The topological polar surface area (TPSA) is 29.1 Å². The summed E-state index contributed by atoms with van der Waals surface area (Å²) in [5.74, 6) is -0.259. The molecule has 0 saturated carbocycles. The zero-order valence-corrected chi connectivity index (χ0v) is 12.9. The van der Waals surface area contributed by atoms with Crippen molar-refractivity contribution < 1.29 is 18.0 Å². The van der Waals surface area contributed by atoms with Crippen molar-refractivity contribution >= 4 is 21.8 Å². The summed E-state index contributed by atoms with van der Waals surface area (Å²) >= 11 is 3.40. The molecule has 20 heavy (non-hydrogen) atoms. The number of hydrogen-bond donors (Lipinski definition) is 1. The van der Waals surface area contributed by atoms with Crippen LogP contribution in [0.1, 0.15) is 36.2 Å². The predicted octanol–water partition coefficient (Wildman–Crippen LogP) is 4.24. The van der Waals surface area contributed by atoms with E-state index in [1.54, 1.807) is 0 Å². The van der Waals surface area contributed by atoms with Gasteiger partial charge in [0.05, 0.1) is 11.1 Å². The van der Waals surface area contributed by atoms with Crippen molar-refractivity contribution in [1.29, 1.82) is 0 Å². The lowest BCUT2D eigenvalue weighted by Gasteiger charge is -2.15. The average Bonchev–Trinajstić information content (AvgIpc) is 2.34. The third kappa shape index (κ3) is 5.15. The number of benzene rings is 1. The van der Waals surface area contributed by atoms with E-state index < -0.39 is 17.6 Å². The Kier molecular flexibility index (Phi) is 6.05. The number of nitrogens with one attached hydrogen (secondary N) is 1. The minimum Gasteiger partial charge on any atom is -0.351 e. The predicted molar refractivity (Wildman–Crippen MR) is 75.9 cm³/mol. The molecule has 0 spiro atoms. The Morgan fingerprint density at radius 2 is 1.90 bits per heavy atom. The summed E-state index contributed by atoms with van der Waals surface area (Å²) in [6.45, 7) is 4.37. The molecule has 6 heteroatoms. The minimum absolute atomic E-state index is 0.0458. The Labute approximate surface area is 124 Å². The molecule has 1 aromatic rings. The molecular weight excluding hydrogens is 335 g/mol. The first-order valence-corrected chi connectivity index (χ1v) is 7.22. The van der Waals surface area contributed by atoms with Crippen LogP contribution in [0.5, 0.6) is 0 Å². The van der Waals surface area contributed by atoms with Crippen molar-refractivity contribution in [3.05, 3.63) is 35.4 Å². The molecule has 1 aromatic carbocycles. The fourth-order valence-electron chi connectivity index (χ4n) is 1.82. The molecule has 0 radical (unpaired) electrons. The number of hydrogen-bond acceptors (Lipinski definition) is 1. The summed E-state index contributed by atoms with van der Waals surface area (Å²) < 4.78 is 38.4. The molecule has 1 rings (SSSR count). The second kappa shape index (κ2) is 7.11. The second-order valence-electron chi connectivity index (χ2n) is 4.98. The first-order valence-electron chi connectivity index (χ1n) is 6.30. The van der Waals surface area contributed by atoms with Crippen LogP contribution in [0.4, 0.5) is 13.2 Å². The van der Waals surface area contributed by atoms with Crippen LogP contribution in [0.2, 0.25) is 0 Å². The standard InChI is InChI=1S/C14H17BrF3NO/c1-9(2)7-10(15)8-19-13(20)11-5-3-4-6-12(11)14(16,17)18/h3-6,9-10H,7-8H2,1-2H3,(H,19,20). The molecule has 0 aromatic heterocycles. The summed E-state index contributed by atoms with van der Waals surface area (Å²) in [6, 6.07) is 4.79. The van der Waals surface area contributed by atoms with Crippen molar-refractivity contribution in [3.8, 4) is 0 Å². The monoisotopic (exact) mass is 351 g/mol. The normalized spacial score (nSPS) is 13.3. The van der Waals surface area contributed by atoms with Crippen LogP contribution in [0, 0.1) is 5.92 Å². The molecule has 1 amide bonds. The smallest absolute Gasteiger partial charge is 0.351 e. The number of rotatable bonds is 5. The molecule has 0 aliphatic heterocycles. The van der Waals surface area contributed by atoms with Crippen LogP contribution in [-0.2, 0) is 6.18 Å². The largest absolute Gasteiger partial charge is 0.417 e. The molecule has 0 fully saturated rings. The van der Waals surface area contributed by atoms with Crippen molar-refractivity contribution in [1.82, 2.24) is 5.32 Å². The maximum Gasteiger partial charge on any atom is 0.417 e. The van der Waals surface area contributed by atoms with Crippen molar-refractivity contribution in [2.45, 2.75) is 31.3 Å². The van der Waals surface area contributed by atoms with E-state index in [9.17, 15) is 18.0 Å². The van der Waals surface area contributed by atoms with E-state index in [4.69, 9.17) is 0 Å². The first-order chi connectivity index (χ1) is 9.21. The third-order valence-electron chi connectivity index (χ3n) is 2.69. The average molecular weight is 352 g/mol. The maximum absolute atomic E-state index is 12.8. The summed E-state index contributed by atoms with van der Waals surface area (Å²) in [4.78, 5) is 11.9. The van der Waals surface area contributed by atoms with E-state index in [2.05, 4.69) is 21.2 Å². The first kappa shape index (κ1) is 17.0. The number of carbonyl (C=O) groups is 1. The molecule has 112 valence electrons. The van der Waals surface area contributed by atoms with Gasteiger partial charge < -0.3 is 5.32 Å². The van der Waals surface area contributed by atoms with Crippen LogP contribution >= 0.6 is 15.9 Å². The third-order valence-corrected chi connectivity index (χ3v) is 3.39. The zero-order chi connectivity index (χ0) is 15.3. The summed E-state index contributed by atoms with van der Waals surface area (Å²) in [6.07, 6.45) is -3.69. The molecular formula is C14H17BrF3NO. The number of alkyl halides is 4. The highest BCUT2D eigenvalue weighted by molar-refractivity contribution is 9.09. The summed E-state index contributed by atoms with van der Waals surface area (Å²) in [5, 5.41) is 2.53. The van der Waals surface area contributed by atoms with Crippen LogP contribution in [0.25, 0.3) is 0 Å². The fourth-order valence-corrected chi connectivity index (χ4v) is 2.73. The van der Waals surface area contributed by atoms with Crippen LogP contribution < -0.4 is 5.32 Å². The van der Waals surface area contributed by atoms with E-state index in [1.807, 2.05) is 13.8 Å².